The van der Waals surface area contributed by atoms with Crippen LogP contribution in [0.2, 0.25) is 5.02 Å². The Morgan fingerprint density at radius 3 is 2.75 bits per heavy atom. The van der Waals surface area contributed by atoms with Gasteiger partial charge in [0, 0.05) is 11.1 Å². The van der Waals surface area contributed by atoms with Crippen LogP contribution in [0.4, 0.5) is 11.4 Å². The molecule has 0 fully saturated rings. The summed E-state index contributed by atoms with van der Waals surface area (Å²) < 4.78 is 24.8. The van der Waals surface area contributed by atoms with Crippen LogP contribution in [0.25, 0.3) is 0 Å². The lowest BCUT2D eigenvalue weighted by Gasteiger charge is -2.10. The number of thiazole rings is 1. The van der Waals surface area contributed by atoms with E-state index < -0.39 is 10.0 Å². The largest absolute Gasteiger partial charge is 0.377 e. The van der Waals surface area contributed by atoms with E-state index in [9.17, 15) is 8.42 Å². The monoisotopic (exact) mass is 331 g/mol. The van der Waals surface area contributed by atoms with Crippen molar-refractivity contribution in [2.75, 3.05) is 16.3 Å². The number of aryl methyl sites for hydroxylation is 1. The van der Waals surface area contributed by atoms with Crippen molar-refractivity contribution in [3.05, 3.63) is 39.3 Å². The van der Waals surface area contributed by atoms with E-state index in [-0.39, 0.29) is 0 Å². The third kappa shape index (κ3) is 4.36. The van der Waals surface area contributed by atoms with Crippen LogP contribution in [-0.2, 0) is 16.6 Å². The summed E-state index contributed by atoms with van der Waals surface area (Å²) in [6, 6.07) is 4.91. The Kier molecular flexibility index (Phi) is 4.52. The minimum atomic E-state index is -3.30. The highest BCUT2D eigenvalue weighted by molar-refractivity contribution is 7.92. The number of hydrogen-bond donors (Lipinski definition) is 2. The quantitative estimate of drug-likeness (QED) is 0.883. The second-order valence-corrected chi connectivity index (χ2v) is 7.40. The van der Waals surface area contributed by atoms with Gasteiger partial charge < -0.3 is 5.32 Å². The predicted octanol–water partition coefficient (Wildman–Crippen LogP) is 3.09. The third-order valence-corrected chi connectivity index (χ3v) is 4.27. The first-order valence-electron chi connectivity index (χ1n) is 5.76. The lowest BCUT2D eigenvalue weighted by atomic mass is 10.3. The summed E-state index contributed by atoms with van der Waals surface area (Å²) in [5.41, 5.74) is 2.10. The molecular formula is C12H14ClN3O2S2. The number of anilines is 2. The number of nitrogens with zero attached hydrogens (tertiary/aromatic N) is 1. The van der Waals surface area contributed by atoms with Gasteiger partial charge in [-0.1, -0.05) is 11.6 Å². The van der Waals surface area contributed by atoms with Crippen LogP contribution >= 0.6 is 22.9 Å². The first-order chi connectivity index (χ1) is 9.33. The molecule has 1 heterocycles. The first kappa shape index (κ1) is 15.1. The molecule has 0 saturated heterocycles. The zero-order chi connectivity index (χ0) is 14.8. The van der Waals surface area contributed by atoms with Crippen LogP contribution in [0.15, 0.2) is 23.6 Å². The zero-order valence-electron chi connectivity index (χ0n) is 11.0. The third-order valence-electron chi connectivity index (χ3n) is 2.37. The summed E-state index contributed by atoms with van der Waals surface area (Å²) >= 11 is 7.64. The standard InChI is InChI=1S/C12H14ClN3O2S2/c1-8-7-19-12(15-8)6-14-11-5-9(3-4-10(11)13)16-20(2,17)18/h3-5,7,14,16H,6H2,1-2H3. The van der Waals surface area contributed by atoms with E-state index in [0.29, 0.717) is 22.9 Å². The Morgan fingerprint density at radius 1 is 1.40 bits per heavy atom. The van der Waals surface area contributed by atoms with E-state index in [1.807, 2.05) is 12.3 Å². The van der Waals surface area contributed by atoms with E-state index in [2.05, 4.69) is 15.0 Å². The Labute approximate surface area is 127 Å². The van der Waals surface area contributed by atoms with Crippen LogP contribution in [0.5, 0.6) is 0 Å². The van der Waals surface area contributed by atoms with Crippen molar-refractivity contribution in [3.63, 3.8) is 0 Å². The molecule has 2 rings (SSSR count). The van der Waals surface area contributed by atoms with E-state index in [0.717, 1.165) is 17.0 Å². The molecule has 0 radical (unpaired) electrons. The highest BCUT2D eigenvalue weighted by Crippen LogP contribution is 2.26. The van der Waals surface area contributed by atoms with Crippen molar-refractivity contribution in [3.8, 4) is 0 Å². The van der Waals surface area contributed by atoms with Gasteiger partial charge in [0.15, 0.2) is 0 Å². The summed E-state index contributed by atoms with van der Waals surface area (Å²) in [4.78, 5) is 4.34. The molecule has 1 aromatic carbocycles. The van der Waals surface area contributed by atoms with Gasteiger partial charge in [-0.25, -0.2) is 13.4 Å². The second kappa shape index (κ2) is 5.99. The van der Waals surface area contributed by atoms with Crippen LogP contribution in [0, 0.1) is 6.92 Å². The van der Waals surface area contributed by atoms with Gasteiger partial charge in [0.1, 0.15) is 5.01 Å². The number of rotatable bonds is 5. The molecule has 8 heteroatoms. The molecular weight excluding hydrogens is 318 g/mol. The maximum atomic E-state index is 11.2. The average Bonchev–Trinajstić information content (AvgIpc) is 2.74. The molecule has 0 aliphatic rings. The molecule has 0 aliphatic carbocycles. The van der Waals surface area contributed by atoms with Gasteiger partial charge in [0.2, 0.25) is 10.0 Å². The van der Waals surface area contributed by atoms with Crippen molar-refractivity contribution in [2.45, 2.75) is 13.5 Å². The van der Waals surface area contributed by atoms with Crippen molar-refractivity contribution in [1.29, 1.82) is 0 Å². The van der Waals surface area contributed by atoms with Crippen LogP contribution in [-0.4, -0.2) is 19.7 Å². The first-order valence-corrected chi connectivity index (χ1v) is 8.90. The fraction of sp³-hybridized carbons (Fsp3) is 0.250. The number of aromatic nitrogens is 1. The summed E-state index contributed by atoms with van der Waals surface area (Å²) in [5.74, 6) is 0. The molecule has 0 atom stereocenters. The molecule has 0 bridgehead atoms. The molecule has 0 saturated carbocycles. The minimum Gasteiger partial charge on any atom is -0.377 e. The Morgan fingerprint density at radius 2 is 2.15 bits per heavy atom. The maximum Gasteiger partial charge on any atom is 0.229 e. The predicted molar refractivity (Wildman–Crippen MR) is 84.1 cm³/mol. The van der Waals surface area contributed by atoms with Crippen molar-refractivity contribution < 1.29 is 8.42 Å². The number of nitrogens with one attached hydrogen (secondary N) is 2. The summed E-state index contributed by atoms with van der Waals surface area (Å²) in [6.07, 6.45) is 1.10. The lowest BCUT2D eigenvalue weighted by molar-refractivity contribution is 0.607. The molecule has 2 N–H and O–H groups in total. The SMILES string of the molecule is Cc1csc(CNc2cc(NS(C)(=O)=O)ccc2Cl)n1. The van der Waals surface area contributed by atoms with Gasteiger partial charge in [-0.2, -0.15) is 0 Å². The van der Waals surface area contributed by atoms with E-state index in [1.165, 1.54) is 0 Å². The molecule has 1 aromatic heterocycles. The highest BCUT2D eigenvalue weighted by Gasteiger charge is 2.06. The van der Waals surface area contributed by atoms with Gasteiger partial charge in [0.05, 0.1) is 29.2 Å². The summed E-state index contributed by atoms with van der Waals surface area (Å²) in [7, 11) is -3.30. The van der Waals surface area contributed by atoms with Gasteiger partial charge in [-0.3, -0.25) is 4.72 Å². The van der Waals surface area contributed by atoms with Gasteiger partial charge >= 0.3 is 0 Å². The molecule has 0 amide bonds. The maximum absolute atomic E-state index is 11.2. The van der Waals surface area contributed by atoms with E-state index in [4.69, 9.17) is 11.6 Å². The minimum absolute atomic E-state index is 0.467. The van der Waals surface area contributed by atoms with E-state index in [1.54, 1.807) is 29.5 Å². The molecule has 20 heavy (non-hydrogen) atoms. The van der Waals surface area contributed by atoms with E-state index >= 15 is 0 Å². The molecule has 0 unspecified atom stereocenters. The molecule has 0 aliphatic heterocycles. The number of benzene rings is 1. The van der Waals surface area contributed by atoms with Crippen LogP contribution < -0.4 is 10.0 Å². The highest BCUT2D eigenvalue weighted by atomic mass is 35.5. The Bertz CT molecular complexity index is 713. The molecule has 108 valence electrons. The van der Waals surface area contributed by atoms with Gasteiger partial charge in [-0.05, 0) is 25.1 Å². The van der Waals surface area contributed by atoms with Gasteiger partial charge in [0.25, 0.3) is 0 Å². The summed E-state index contributed by atoms with van der Waals surface area (Å²) in [6.45, 7) is 2.48. The number of sulfonamides is 1. The molecule has 2 aromatic rings. The number of halogens is 1. The van der Waals surface area contributed by atoms with Crippen molar-refractivity contribution >= 4 is 44.3 Å². The average molecular weight is 332 g/mol. The molecule has 5 nitrogen and oxygen atoms in total. The van der Waals surface area contributed by atoms with Crippen molar-refractivity contribution in [2.24, 2.45) is 0 Å². The van der Waals surface area contributed by atoms with Crippen LogP contribution in [0.3, 0.4) is 0 Å². The summed E-state index contributed by atoms with van der Waals surface area (Å²) in [5, 5.41) is 6.59. The van der Waals surface area contributed by atoms with Crippen LogP contribution in [0.1, 0.15) is 10.7 Å². The zero-order valence-corrected chi connectivity index (χ0v) is 13.4. The number of hydrogen-bond acceptors (Lipinski definition) is 5. The fourth-order valence-corrected chi connectivity index (χ4v) is 3.04. The fourth-order valence-electron chi connectivity index (χ4n) is 1.59. The second-order valence-electron chi connectivity index (χ2n) is 4.31. The molecule has 0 spiro atoms. The van der Waals surface area contributed by atoms with Gasteiger partial charge in [-0.15, -0.1) is 11.3 Å². The Balaban J connectivity index is 2.12. The smallest absolute Gasteiger partial charge is 0.229 e. The lowest BCUT2D eigenvalue weighted by Crippen LogP contribution is -2.10. The Hall–Kier alpha value is -1.31. The van der Waals surface area contributed by atoms with Crippen molar-refractivity contribution in [1.82, 2.24) is 4.98 Å². The topological polar surface area (TPSA) is 71.1 Å². The normalized spacial score (nSPS) is 11.3.